The third-order valence-corrected chi connectivity index (χ3v) is 4.92. The molecular weight excluding hydrogens is 228 g/mol. The van der Waals surface area contributed by atoms with Crippen LogP contribution in [0.1, 0.15) is 39.0 Å². The maximum atomic E-state index is 12.3. The van der Waals surface area contributed by atoms with Crippen molar-refractivity contribution in [3.63, 3.8) is 0 Å². The van der Waals surface area contributed by atoms with Crippen molar-refractivity contribution in [1.29, 1.82) is 0 Å². The van der Waals surface area contributed by atoms with Crippen molar-refractivity contribution in [3.05, 3.63) is 0 Å². The molecule has 5 atom stereocenters. The van der Waals surface area contributed by atoms with Gasteiger partial charge in [-0.05, 0) is 51.0 Å². The second-order valence-corrected chi connectivity index (χ2v) is 6.09. The van der Waals surface area contributed by atoms with Crippen LogP contribution in [0.2, 0.25) is 0 Å². The van der Waals surface area contributed by atoms with Crippen molar-refractivity contribution in [1.82, 2.24) is 10.6 Å². The van der Waals surface area contributed by atoms with Gasteiger partial charge >= 0.3 is 0 Å². The molecule has 1 saturated carbocycles. The number of ether oxygens (including phenoxy) is 1. The highest BCUT2D eigenvalue weighted by Crippen LogP contribution is 2.37. The summed E-state index contributed by atoms with van der Waals surface area (Å²) in [5.41, 5.74) is 0. The van der Waals surface area contributed by atoms with Crippen LogP contribution in [-0.2, 0) is 9.53 Å². The first kappa shape index (κ1) is 12.4. The fraction of sp³-hybridized carbons (Fsp3) is 0.929. The molecule has 0 aromatic rings. The summed E-state index contributed by atoms with van der Waals surface area (Å²) in [5, 5.41) is 6.55. The lowest BCUT2D eigenvalue weighted by molar-refractivity contribution is -0.125. The van der Waals surface area contributed by atoms with Gasteiger partial charge in [-0.25, -0.2) is 0 Å². The SMILES string of the molecule is CC(NC(=O)C1NCC2CCCC21)C1CCCO1. The minimum absolute atomic E-state index is 0.0429. The lowest BCUT2D eigenvalue weighted by Gasteiger charge is -2.24. The van der Waals surface area contributed by atoms with E-state index in [1.807, 2.05) is 0 Å². The number of nitrogens with one attached hydrogen (secondary N) is 2. The van der Waals surface area contributed by atoms with Gasteiger partial charge in [-0.3, -0.25) is 4.79 Å². The molecule has 18 heavy (non-hydrogen) atoms. The van der Waals surface area contributed by atoms with Crippen LogP contribution in [0.25, 0.3) is 0 Å². The van der Waals surface area contributed by atoms with Crippen molar-refractivity contribution in [3.8, 4) is 0 Å². The molecule has 3 rings (SSSR count). The smallest absolute Gasteiger partial charge is 0.237 e. The predicted octanol–water partition coefficient (Wildman–Crippen LogP) is 1.06. The van der Waals surface area contributed by atoms with Crippen LogP contribution >= 0.6 is 0 Å². The van der Waals surface area contributed by atoms with Gasteiger partial charge in [0.15, 0.2) is 0 Å². The largest absolute Gasteiger partial charge is 0.376 e. The molecule has 1 amide bonds. The quantitative estimate of drug-likeness (QED) is 0.789. The van der Waals surface area contributed by atoms with Crippen LogP contribution in [0.15, 0.2) is 0 Å². The van der Waals surface area contributed by atoms with E-state index in [4.69, 9.17) is 4.74 Å². The Morgan fingerprint density at radius 2 is 2.22 bits per heavy atom. The molecule has 2 heterocycles. The highest BCUT2D eigenvalue weighted by atomic mass is 16.5. The average molecular weight is 252 g/mol. The molecule has 0 aromatic heterocycles. The minimum atomic E-state index is 0.0429. The summed E-state index contributed by atoms with van der Waals surface area (Å²) in [5.74, 6) is 1.49. The van der Waals surface area contributed by atoms with Gasteiger partial charge in [0.2, 0.25) is 5.91 Å². The minimum Gasteiger partial charge on any atom is -0.376 e. The lowest BCUT2D eigenvalue weighted by atomic mass is 9.93. The first-order valence-corrected chi connectivity index (χ1v) is 7.41. The molecule has 4 heteroatoms. The fourth-order valence-corrected chi connectivity index (χ4v) is 3.88. The van der Waals surface area contributed by atoms with Gasteiger partial charge in [-0.15, -0.1) is 0 Å². The summed E-state index contributed by atoms with van der Waals surface area (Å²) in [4.78, 5) is 12.3. The van der Waals surface area contributed by atoms with Crippen LogP contribution in [0.4, 0.5) is 0 Å². The maximum Gasteiger partial charge on any atom is 0.237 e. The summed E-state index contributed by atoms with van der Waals surface area (Å²) >= 11 is 0. The topological polar surface area (TPSA) is 50.4 Å². The van der Waals surface area contributed by atoms with Crippen LogP contribution in [0, 0.1) is 11.8 Å². The zero-order valence-corrected chi connectivity index (χ0v) is 11.2. The zero-order valence-electron chi connectivity index (χ0n) is 11.2. The third kappa shape index (κ3) is 2.28. The van der Waals surface area contributed by atoms with E-state index in [0.717, 1.165) is 31.9 Å². The Hall–Kier alpha value is -0.610. The maximum absolute atomic E-state index is 12.3. The molecule has 2 aliphatic heterocycles. The van der Waals surface area contributed by atoms with Crippen molar-refractivity contribution in [2.24, 2.45) is 11.8 Å². The molecule has 4 nitrogen and oxygen atoms in total. The number of rotatable bonds is 3. The van der Waals surface area contributed by atoms with E-state index in [-0.39, 0.29) is 24.1 Å². The molecule has 5 unspecified atom stereocenters. The highest BCUT2D eigenvalue weighted by molar-refractivity contribution is 5.82. The molecule has 2 N–H and O–H groups in total. The van der Waals surface area contributed by atoms with Gasteiger partial charge in [0, 0.05) is 6.61 Å². The second-order valence-electron chi connectivity index (χ2n) is 6.09. The molecule has 1 aliphatic carbocycles. The standard InChI is InChI=1S/C14H24N2O2/c1-9(12-6-3-7-18-12)16-14(17)13-11-5-2-4-10(11)8-15-13/h9-13,15H,2-8H2,1H3,(H,16,17). The van der Waals surface area contributed by atoms with Crippen LogP contribution in [0.5, 0.6) is 0 Å². The van der Waals surface area contributed by atoms with Gasteiger partial charge in [-0.2, -0.15) is 0 Å². The molecular formula is C14H24N2O2. The van der Waals surface area contributed by atoms with E-state index in [1.165, 1.54) is 19.3 Å². The Balaban J connectivity index is 1.54. The van der Waals surface area contributed by atoms with Crippen molar-refractivity contribution >= 4 is 5.91 Å². The average Bonchev–Trinajstić information content (AvgIpc) is 3.06. The molecule has 0 bridgehead atoms. The Morgan fingerprint density at radius 1 is 1.33 bits per heavy atom. The first-order chi connectivity index (χ1) is 8.75. The van der Waals surface area contributed by atoms with Gasteiger partial charge in [0.05, 0.1) is 18.2 Å². The molecule has 102 valence electrons. The second kappa shape index (κ2) is 5.17. The van der Waals surface area contributed by atoms with Crippen LogP contribution in [-0.4, -0.2) is 37.2 Å². The van der Waals surface area contributed by atoms with Crippen molar-refractivity contribution in [2.45, 2.75) is 57.2 Å². The van der Waals surface area contributed by atoms with Crippen molar-refractivity contribution in [2.75, 3.05) is 13.2 Å². The van der Waals surface area contributed by atoms with E-state index >= 15 is 0 Å². The summed E-state index contributed by atoms with van der Waals surface area (Å²) in [6.45, 7) is 3.93. The monoisotopic (exact) mass is 252 g/mol. The van der Waals surface area contributed by atoms with Crippen molar-refractivity contribution < 1.29 is 9.53 Å². The highest BCUT2D eigenvalue weighted by Gasteiger charge is 2.42. The van der Waals surface area contributed by atoms with Crippen LogP contribution in [0.3, 0.4) is 0 Å². The lowest BCUT2D eigenvalue weighted by Crippen LogP contribution is -2.50. The Morgan fingerprint density at radius 3 is 3.00 bits per heavy atom. The molecule has 3 fully saturated rings. The summed E-state index contributed by atoms with van der Waals surface area (Å²) in [6.07, 6.45) is 6.22. The Labute approximate surface area is 109 Å². The predicted molar refractivity (Wildman–Crippen MR) is 69.2 cm³/mol. The normalized spacial score (nSPS) is 40.7. The number of hydrogen-bond acceptors (Lipinski definition) is 3. The third-order valence-electron chi connectivity index (χ3n) is 4.92. The van der Waals surface area contributed by atoms with E-state index in [0.29, 0.717) is 5.92 Å². The molecule has 3 aliphatic rings. The van der Waals surface area contributed by atoms with Gasteiger partial charge in [0.25, 0.3) is 0 Å². The number of carbonyl (C=O) groups is 1. The number of amides is 1. The number of carbonyl (C=O) groups excluding carboxylic acids is 1. The summed E-state index contributed by atoms with van der Waals surface area (Å²) in [6, 6.07) is 0.184. The molecule has 0 aromatic carbocycles. The fourth-order valence-electron chi connectivity index (χ4n) is 3.88. The number of hydrogen-bond donors (Lipinski definition) is 2. The molecule has 2 saturated heterocycles. The van der Waals surface area contributed by atoms with Gasteiger partial charge < -0.3 is 15.4 Å². The molecule has 0 radical (unpaired) electrons. The van der Waals surface area contributed by atoms with E-state index in [9.17, 15) is 4.79 Å². The Bertz CT molecular complexity index is 315. The van der Waals surface area contributed by atoms with E-state index < -0.39 is 0 Å². The Kier molecular flexibility index (Phi) is 3.57. The van der Waals surface area contributed by atoms with Gasteiger partial charge in [-0.1, -0.05) is 6.42 Å². The number of fused-ring (bicyclic) bond motifs is 1. The first-order valence-electron chi connectivity index (χ1n) is 7.41. The van der Waals surface area contributed by atoms with E-state index in [2.05, 4.69) is 17.6 Å². The molecule has 0 spiro atoms. The zero-order chi connectivity index (χ0) is 12.5. The summed E-state index contributed by atoms with van der Waals surface area (Å²) in [7, 11) is 0. The summed E-state index contributed by atoms with van der Waals surface area (Å²) < 4.78 is 5.63. The van der Waals surface area contributed by atoms with Gasteiger partial charge in [0.1, 0.15) is 0 Å². The van der Waals surface area contributed by atoms with E-state index in [1.54, 1.807) is 0 Å². The van der Waals surface area contributed by atoms with Crippen LogP contribution < -0.4 is 10.6 Å².